The van der Waals surface area contributed by atoms with Crippen LogP contribution in [0, 0.1) is 6.92 Å². The number of hydrogen-bond acceptors (Lipinski definition) is 2. The van der Waals surface area contributed by atoms with Crippen molar-refractivity contribution in [1.82, 2.24) is 10.2 Å². The summed E-state index contributed by atoms with van der Waals surface area (Å²) in [7, 11) is 0. The van der Waals surface area contributed by atoms with E-state index in [-0.39, 0.29) is 5.56 Å². The summed E-state index contributed by atoms with van der Waals surface area (Å²) >= 11 is 0. The lowest BCUT2D eigenvalue weighted by atomic mass is 9.97. The molecule has 0 amide bonds. The van der Waals surface area contributed by atoms with Gasteiger partial charge < -0.3 is 10.2 Å². The van der Waals surface area contributed by atoms with Crippen molar-refractivity contribution in [3.8, 4) is 0 Å². The smallest absolute Gasteiger partial charge is 0.270 e. The molecular weight excluding hydrogens is 246 g/mol. The molecule has 0 unspecified atom stereocenters. The largest absolute Gasteiger partial charge is 0.314 e. The molecule has 2 nitrogen and oxygen atoms in total. The first-order valence-corrected chi connectivity index (χ1v) is 6.88. The van der Waals surface area contributed by atoms with E-state index in [0.717, 1.165) is 50.8 Å². The summed E-state index contributed by atoms with van der Waals surface area (Å²) in [5.41, 5.74) is 2.00. The number of nitrogens with zero attached hydrogens (tertiary/aromatic N) is 1. The highest BCUT2D eigenvalue weighted by atomic mass is 19.3. The molecule has 2 rings (SSSR count). The number of nitrogens with one attached hydrogen (secondary N) is 1. The van der Waals surface area contributed by atoms with Gasteiger partial charge in [-0.3, -0.25) is 0 Å². The van der Waals surface area contributed by atoms with Gasteiger partial charge in [-0.1, -0.05) is 23.8 Å². The van der Waals surface area contributed by atoms with Crippen LogP contribution in [0.1, 0.15) is 23.6 Å². The van der Waals surface area contributed by atoms with Gasteiger partial charge in [0, 0.05) is 45.2 Å². The zero-order valence-corrected chi connectivity index (χ0v) is 11.7. The van der Waals surface area contributed by atoms with Gasteiger partial charge in [-0.05, 0) is 18.9 Å². The van der Waals surface area contributed by atoms with Gasteiger partial charge in [0.25, 0.3) is 5.92 Å². The Morgan fingerprint density at radius 2 is 1.95 bits per heavy atom. The first-order valence-electron chi connectivity index (χ1n) is 6.88. The molecule has 0 atom stereocenters. The third kappa shape index (κ3) is 3.98. The first kappa shape index (κ1) is 14.4. The number of hydrogen-bond donors (Lipinski definition) is 1. The van der Waals surface area contributed by atoms with Crippen LogP contribution in [0.15, 0.2) is 18.2 Å². The van der Waals surface area contributed by atoms with Gasteiger partial charge in [0.1, 0.15) is 0 Å². The number of benzene rings is 1. The van der Waals surface area contributed by atoms with Crippen LogP contribution in [0.5, 0.6) is 0 Å². The van der Waals surface area contributed by atoms with Crippen LogP contribution >= 0.6 is 0 Å². The van der Waals surface area contributed by atoms with Crippen LogP contribution < -0.4 is 5.32 Å². The number of rotatable bonds is 4. The molecule has 4 heteroatoms. The van der Waals surface area contributed by atoms with E-state index in [1.54, 1.807) is 12.1 Å². The fourth-order valence-electron chi connectivity index (χ4n) is 2.57. The van der Waals surface area contributed by atoms with Crippen molar-refractivity contribution in [1.29, 1.82) is 0 Å². The third-order valence-corrected chi connectivity index (χ3v) is 3.64. The fraction of sp³-hybridized carbons (Fsp3) is 0.600. The SMILES string of the molecule is Cc1ccc(C(C)(F)F)c(CCN2CCNCC2)c1. The van der Waals surface area contributed by atoms with E-state index in [1.165, 1.54) is 0 Å². The summed E-state index contributed by atoms with van der Waals surface area (Å²) in [4.78, 5) is 2.33. The number of aryl methyl sites for hydroxylation is 1. The van der Waals surface area contributed by atoms with E-state index in [9.17, 15) is 8.78 Å². The summed E-state index contributed by atoms with van der Waals surface area (Å²) in [6.45, 7) is 7.77. The minimum atomic E-state index is -2.76. The monoisotopic (exact) mass is 268 g/mol. The Bertz CT molecular complexity index is 421. The number of halogens is 2. The molecule has 0 spiro atoms. The molecule has 0 aliphatic carbocycles. The Morgan fingerprint density at radius 3 is 2.58 bits per heavy atom. The van der Waals surface area contributed by atoms with Gasteiger partial charge in [-0.25, -0.2) is 8.78 Å². The van der Waals surface area contributed by atoms with Crippen molar-refractivity contribution in [2.24, 2.45) is 0 Å². The minimum Gasteiger partial charge on any atom is -0.314 e. The maximum Gasteiger partial charge on any atom is 0.270 e. The molecule has 19 heavy (non-hydrogen) atoms. The second kappa shape index (κ2) is 5.97. The van der Waals surface area contributed by atoms with Crippen LogP contribution in [0.3, 0.4) is 0 Å². The van der Waals surface area contributed by atoms with Crippen molar-refractivity contribution < 1.29 is 8.78 Å². The van der Waals surface area contributed by atoms with Gasteiger partial charge in [0.05, 0.1) is 0 Å². The highest BCUT2D eigenvalue weighted by molar-refractivity contribution is 5.34. The molecule has 0 saturated carbocycles. The van der Waals surface area contributed by atoms with E-state index >= 15 is 0 Å². The molecule has 1 aliphatic rings. The van der Waals surface area contributed by atoms with Crippen LogP contribution in [0.25, 0.3) is 0 Å². The topological polar surface area (TPSA) is 15.3 Å². The predicted octanol–water partition coefficient (Wildman–Crippen LogP) is 2.55. The average Bonchev–Trinajstić information content (AvgIpc) is 2.36. The van der Waals surface area contributed by atoms with Gasteiger partial charge in [0.15, 0.2) is 0 Å². The zero-order chi connectivity index (χ0) is 13.9. The van der Waals surface area contributed by atoms with Crippen LogP contribution in [0.2, 0.25) is 0 Å². The molecule has 0 aromatic heterocycles. The third-order valence-electron chi connectivity index (χ3n) is 3.64. The molecule has 1 N–H and O–H groups in total. The maximum absolute atomic E-state index is 13.6. The second-order valence-electron chi connectivity index (χ2n) is 5.39. The average molecular weight is 268 g/mol. The molecule has 106 valence electrons. The summed E-state index contributed by atoms with van der Waals surface area (Å²) < 4.78 is 27.2. The zero-order valence-electron chi connectivity index (χ0n) is 11.7. The summed E-state index contributed by atoms with van der Waals surface area (Å²) in [5, 5.41) is 3.30. The molecule has 1 aromatic rings. The van der Waals surface area contributed by atoms with E-state index in [4.69, 9.17) is 0 Å². The molecule has 1 aromatic carbocycles. The van der Waals surface area contributed by atoms with Gasteiger partial charge in [-0.15, -0.1) is 0 Å². The van der Waals surface area contributed by atoms with Crippen LogP contribution in [-0.2, 0) is 12.3 Å². The second-order valence-corrected chi connectivity index (χ2v) is 5.39. The van der Waals surface area contributed by atoms with Gasteiger partial charge in [0.2, 0.25) is 0 Å². The Labute approximate surface area is 113 Å². The Morgan fingerprint density at radius 1 is 1.26 bits per heavy atom. The van der Waals surface area contributed by atoms with Gasteiger partial charge >= 0.3 is 0 Å². The van der Waals surface area contributed by atoms with Crippen molar-refractivity contribution in [2.75, 3.05) is 32.7 Å². The Balaban J connectivity index is 2.07. The standard InChI is InChI=1S/C15H22F2N2/c1-12-3-4-14(15(2,16)17)13(11-12)5-8-19-9-6-18-7-10-19/h3-4,11,18H,5-10H2,1-2H3. The first-order chi connectivity index (χ1) is 8.97. The Kier molecular flexibility index (Phi) is 4.53. The number of alkyl halides is 2. The van der Waals surface area contributed by atoms with Crippen LogP contribution in [-0.4, -0.2) is 37.6 Å². The van der Waals surface area contributed by atoms with E-state index in [1.807, 2.05) is 13.0 Å². The highest BCUT2D eigenvalue weighted by Gasteiger charge is 2.27. The van der Waals surface area contributed by atoms with Crippen LogP contribution in [0.4, 0.5) is 8.78 Å². The van der Waals surface area contributed by atoms with Crippen molar-refractivity contribution in [2.45, 2.75) is 26.2 Å². The molecular formula is C15H22F2N2. The molecule has 0 radical (unpaired) electrons. The van der Waals surface area contributed by atoms with Crippen molar-refractivity contribution in [3.63, 3.8) is 0 Å². The molecule has 1 fully saturated rings. The molecule has 1 aliphatic heterocycles. The maximum atomic E-state index is 13.6. The van der Waals surface area contributed by atoms with Crippen molar-refractivity contribution >= 4 is 0 Å². The lowest BCUT2D eigenvalue weighted by Gasteiger charge is -2.27. The fourth-order valence-corrected chi connectivity index (χ4v) is 2.57. The minimum absolute atomic E-state index is 0.174. The van der Waals surface area contributed by atoms with E-state index in [2.05, 4.69) is 10.2 Å². The summed E-state index contributed by atoms with van der Waals surface area (Å²) in [5.74, 6) is -2.76. The van der Waals surface area contributed by atoms with E-state index < -0.39 is 5.92 Å². The molecule has 1 saturated heterocycles. The van der Waals surface area contributed by atoms with E-state index in [0.29, 0.717) is 6.42 Å². The summed E-state index contributed by atoms with van der Waals surface area (Å²) in [6.07, 6.45) is 0.695. The van der Waals surface area contributed by atoms with Gasteiger partial charge in [-0.2, -0.15) is 0 Å². The summed E-state index contributed by atoms with van der Waals surface area (Å²) in [6, 6.07) is 5.23. The normalized spacial score (nSPS) is 17.7. The number of piperazine rings is 1. The van der Waals surface area contributed by atoms with Crippen molar-refractivity contribution in [3.05, 3.63) is 34.9 Å². The predicted molar refractivity (Wildman–Crippen MR) is 73.8 cm³/mol. The quantitative estimate of drug-likeness (QED) is 0.903. The molecule has 1 heterocycles. The highest BCUT2D eigenvalue weighted by Crippen LogP contribution is 2.30. The molecule has 0 bridgehead atoms. The lowest BCUT2D eigenvalue weighted by Crippen LogP contribution is -2.44. The lowest BCUT2D eigenvalue weighted by molar-refractivity contribution is 0.0164. The Hall–Kier alpha value is -1.00.